The molecule has 0 aliphatic heterocycles. The van der Waals surface area contributed by atoms with E-state index >= 15 is 0 Å². The van der Waals surface area contributed by atoms with Crippen molar-refractivity contribution < 1.29 is 19.4 Å². The molecule has 0 radical (unpaired) electrons. The van der Waals surface area contributed by atoms with Gasteiger partial charge in [-0.1, -0.05) is 13.8 Å². The molecule has 0 aromatic carbocycles. The highest BCUT2D eigenvalue weighted by atomic mass is 16.5. The second-order valence-corrected chi connectivity index (χ2v) is 4.08. The first-order valence-electron chi connectivity index (χ1n) is 4.94. The quantitative estimate of drug-likeness (QED) is 0.488. The van der Waals surface area contributed by atoms with Crippen LogP contribution in [0.3, 0.4) is 0 Å². The van der Waals surface area contributed by atoms with E-state index in [4.69, 9.17) is 5.11 Å². The maximum absolute atomic E-state index is 11.2. The molecule has 15 heavy (non-hydrogen) atoms. The zero-order valence-corrected chi connectivity index (χ0v) is 9.50. The maximum Gasteiger partial charge on any atom is 0.315 e. The van der Waals surface area contributed by atoms with Crippen molar-refractivity contribution in [2.75, 3.05) is 19.8 Å². The molecule has 0 unspecified atom stereocenters. The van der Waals surface area contributed by atoms with Crippen molar-refractivity contribution >= 4 is 11.9 Å². The molecular formula is C10H19NO4. The molecule has 0 spiro atoms. The molecule has 88 valence electrons. The lowest BCUT2D eigenvalue weighted by Crippen LogP contribution is -2.37. The van der Waals surface area contributed by atoms with Crippen molar-refractivity contribution in [3.8, 4) is 0 Å². The molecule has 2 N–H and O–H groups in total. The van der Waals surface area contributed by atoms with Gasteiger partial charge in [0.05, 0.1) is 6.61 Å². The van der Waals surface area contributed by atoms with E-state index in [1.54, 1.807) is 6.92 Å². The van der Waals surface area contributed by atoms with E-state index in [2.05, 4.69) is 10.1 Å². The number of hydrogen-bond donors (Lipinski definition) is 2. The van der Waals surface area contributed by atoms with Crippen LogP contribution < -0.4 is 5.32 Å². The van der Waals surface area contributed by atoms with E-state index in [9.17, 15) is 9.59 Å². The second kappa shape index (κ2) is 6.40. The maximum atomic E-state index is 11.2. The summed E-state index contributed by atoms with van der Waals surface area (Å²) in [6, 6.07) is 0. The van der Waals surface area contributed by atoms with Crippen molar-refractivity contribution in [1.82, 2.24) is 5.32 Å². The molecule has 5 heteroatoms. The third-order valence-electron chi connectivity index (χ3n) is 1.80. The van der Waals surface area contributed by atoms with Crippen LogP contribution in [0, 0.1) is 5.41 Å². The van der Waals surface area contributed by atoms with Crippen molar-refractivity contribution in [2.24, 2.45) is 5.41 Å². The van der Waals surface area contributed by atoms with Crippen LogP contribution in [-0.4, -0.2) is 36.7 Å². The van der Waals surface area contributed by atoms with Gasteiger partial charge in [-0.05, 0) is 6.92 Å². The molecule has 0 aliphatic carbocycles. The average Bonchev–Trinajstić information content (AvgIpc) is 2.15. The Morgan fingerprint density at radius 3 is 2.47 bits per heavy atom. The number of carbonyl (C=O) groups is 2. The summed E-state index contributed by atoms with van der Waals surface area (Å²) in [7, 11) is 0. The Morgan fingerprint density at radius 2 is 2.00 bits per heavy atom. The Bertz CT molecular complexity index is 225. The summed E-state index contributed by atoms with van der Waals surface area (Å²) in [5.41, 5.74) is -0.371. The Morgan fingerprint density at radius 1 is 1.40 bits per heavy atom. The van der Waals surface area contributed by atoms with E-state index in [0.29, 0.717) is 6.54 Å². The molecule has 0 rings (SSSR count). The predicted molar refractivity (Wildman–Crippen MR) is 55.1 cm³/mol. The number of rotatable bonds is 6. The van der Waals surface area contributed by atoms with Gasteiger partial charge >= 0.3 is 5.97 Å². The summed E-state index contributed by atoms with van der Waals surface area (Å²) in [4.78, 5) is 22.1. The number of aliphatic hydroxyl groups excluding tert-OH is 1. The van der Waals surface area contributed by atoms with E-state index in [-0.39, 0.29) is 31.0 Å². The largest absolute Gasteiger partial charge is 0.466 e. The van der Waals surface area contributed by atoms with E-state index in [0.717, 1.165) is 0 Å². The van der Waals surface area contributed by atoms with Gasteiger partial charge < -0.3 is 15.2 Å². The molecule has 0 saturated carbocycles. The van der Waals surface area contributed by atoms with Gasteiger partial charge in [-0.3, -0.25) is 9.59 Å². The standard InChI is InChI=1S/C10H19NO4/c1-4-15-9(14)5-8(13)11-6-10(2,3)7-12/h12H,4-7H2,1-3H3,(H,11,13). The highest BCUT2D eigenvalue weighted by Gasteiger charge is 2.18. The number of amides is 1. The summed E-state index contributed by atoms with van der Waals surface area (Å²) in [6.45, 7) is 5.91. The fraction of sp³-hybridized carbons (Fsp3) is 0.800. The van der Waals surface area contributed by atoms with Gasteiger partial charge in [0.15, 0.2) is 0 Å². The summed E-state index contributed by atoms with van der Waals surface area (Å²) in [5.74, 6) is -0.910. The minimum Gasteiger partial charge on any atom is -0.466 e. The molecule has 1 amide bonds. The topological polar surface area (TPSA) is 75.6 Å². The summed E-state index contributed by atoms with van der Waals surface area (Å²) in [6.07, 6.45) is -0.269. The number of aliphatic hydroxyl groups is 1. The third-order valence-corrected chi connectivity index (χ3v) is 1.80. The number of carbonyl (C=O) groups excluding carboxylic acids is 2. The number of esters is 1. The fourth-order valence-corrected chi connectivity index (χ4v) is 0.799. The summed E-state index contributed by atoms with van der Waals surface area (Å²) < 4.78 is 4.62. The third kappa shape index (κ3) is 6.90. The zero-order chi connectivity index (χ0) is 11.9. The van der Waals surface area contributed by atoms with Crippen molar-refractivity contribution in [3.05, 3.63) is 0 Å². The number of nitrogens with one attached hydrogen (secondary N) is 1. The Labute approximate surface area is 89.8 Å². The van der Waals surface area contributed by atoms with Gasteiger partial charge in [0.25, 0.3) is 0 Å². The van der Waals surface area contributed by atoms with Crippen LogP contribution in [0.5, 0.6) is 0 Å². The Kier molecular flexibility index (Phi) is 5.93. The van der Waals surface area contributed by atoms with Gasteiger partial charge in [0.1, 0.15) is 6.42 Å². The van der Waals surface area contributed by atoms with Crippen LogP contribution in [0.4, 0.5) is 0 Å². The molecule has 0 aliphatic rings. The van der Waals surface area contributed by atoms with E-state index < -0.39 is 5.97 Å². The predicted octanol–water partition coefficient (Wildman–Crippen LogP) is 0.0743. The van der Waals surface area contributed by atoms with Gasteiger partial charge in [-0.15, -0.1) is 0 Å². The highest BCUT2D eigenvalue weighted by Crippen LogP contribution is 2.11. The van der Waals surface area contributed by atoms with E-state index in [1.165, 1.54) is 0 Å². The number of hydrogen-bond acceptors (Lipinski definition) is 4. The molecule has 0 aromatic rings. The van der Waals surface area contributed by atoms with Gasteiger partial charge in [-0.2, -0.15) is 0 Å². The lowest BCUT2D eigenvalue weighted by atomic mass is 9.95. The molecule has 5 nitrogen and oxygen atoms in total. The molecular weight excluding hydrogens is 198 g/mol. The molecule has 0 aromatic heterocycles. The summed E-state index contributed by atoms with van der Waals surface area (Å²) in [5, 5.41) is 11.5. The molecule has 0 saturated heterocycles. The first kappa shape index (κ1) is 13.9. The van der Waals surface area contributed by atoms with E-state index in [1.807, 2.05) is 13.8 Å². The van der Waals surface area contributed by atoms with Crippen LogP contribution in [0.1, 0.15) is 27.2 Å². The number of ether oxygens (including phenoxy) is 1. The first-order chi connectivity index (χ1) is 6.91. The smallest absolute Gasteiger partial charge is 0.315 e. The van der Waals surface area contributed by atoms with Crippen molar-refractivity contribution in [3.63, 3.8) is 0 Å². The monoisotopic (exact) mass is 217 g/mol. The second-order valence-electron chi connectivity index (χ2n) is 4.08. The van der Waals surface area contributed by atoms with Gasteiger partial charge in [-0.25, -0.2) is 0 Å². The first-order valence-corrected chi connectivity index (χ1v) is 4.94. The average molecular weight is 217 g/mol. The Balaban J connectivity index is 3.80. The minimum absolute atomic E-state index is 0.0211. The van der Waals surface area contributed by atoms with Crippen molar-refractivity contribution in [1.29, 1.82) is 0 Å². The lowest BCUT2D eigenvalue weighted by molar-refractivity contribution is -0.146. The van der Waals surface area contributed by atoms with Gasteiger partial charge in [0, 0.05) is 18.6 Å². The highest BCUT2D eigenvalue weighted by molar-refractivity contribution is 5.94. The molecule has 0 atom stereocenters. The normalized spacial score (nSPS) is 10.9. The minimum atomic E-state index is -0.531. The molecule has 0 bridgehead atoms. The fourth-order valence-electron chi connectivity index (χ4n) is 0.799. The lowest BCUT2D eigenvalue weighted by Gasteiger charge is -2.21. The Hall–Kier alpha value is -1.10. The van der Waals surface area contributed by atoms with Crippen LogP contribution >= 0.6 is 0 Å². The van der Waals surface area contributed by atoms with Crippen LogP contribution in [-0.2, 0) is 14.3 Å². The SMILES string of the molecule is CCOC(=O)CC(=O)NCC(C)(C)CO. The van der Waals surface area contributed by atoms with Crippen LogP contribution in [0.25, 0.3) is 0 Å². The van der Waals surface area contributed by atoms with Crippen molar-refractivity contribution in [2.45, 2.75) is 27.2 Å². The van der Waals surface area contributed by atoms with Crippen LogP contribution in [0.15, 0.2) is 0 Å². The zero-order valence-electron chi connectivity index (χ0n) is 9.50. The molecule has 0 fully saturated rings. The van der Waals surface area contributed by atoms with Gasteiger partial charge in [0.2, 0.25) is 5.91 Å². The summed E-state index contributed by atoms with van der Waals surface area (Å²) >= 11 is 0. The molecule has 0 heterocycles. The van der Waals surface area contributed by atoms with Crippen LogP contribution in [0.2, 0.25) is 0 Å².